The van der Waals surface area contributed by atoms with Crippen LogP contribution in [-0.4, -0.2) is 30.9 Å². The first-order valence-electron chi connectivity index (χ1n) is 9.53. The van der Waals surface area contributed by atoms with E-state index < -0.39 is 11.8 Å². The van der Waals surface area contributed by atoms with E-state index >= 15 is 0 Å². The molecule has 0 saturated heterocycles. The quantitative estimate of drug-likeness (QED) is 0.759. The zero-order valence-corrected chi connectivity index (χ0v) is 15.6. The Morgan fingerprint density at radius 2 is 2.04 bits per heavy atom. The van der Waals surface area contributed by atoms with Crippen molar-refractivity contribution >= 4 is 17.5 Å². The molecule has 2 aliphatic heterocycles. The van der Waals surface area contributed by atoms with Crippen LogP contribution >= 0.6 is 0 Å². The first-order chi connectivity index (χ1) is 13.1. The topological polar surface area (TPSA) is 74.2 Å². The van der Waals surface area contributed by atoms with Gasteiger partial charge in [0, 0.05) is 29.3 Å². The predicted octanol–water partition coefficient (Wildman–Crippen LogP) is 3.55. The Kier molecular flexibility index (Phi) is 4.72. The van der Waals surface area contributed by atoms with Crippen LogP contribution in [0.1, 0.15) is 51.0 Å². The predicted molar refractivity (Wildman–Crippen MR) is 99.0 cm³/mol. The number of allylic oxidation sites excluding steroid dienone is 2. The highest BCUT2D eigenvalue weighted by Gasteiger charge is 2.44. The molecule has 0 fully saturated rings. The molecule has 4 rings (SSSR count). The van der Waals surface area contributed by atoms with Crippen LogP contribution in [0, 0.1) is 5.92 Å². The van der Waals surface area contributed by atoms with Crippen LogP contribution in [0.4, 0.5) is 0 Å². The van der Waals surface area contributed by atoms with E-state index in [0.29, 0.717) is 36.5 Å². The van der Waals surface area contributed by atoms with Gasteiger partial charge in [0.05, 0.1) is 6.61 Å². The Balaban J connectivity index is 1.86. The monoisotopic (exact) mass is 369 g/mol. The summed E-state index contributed by atoms with van der Waals surface area (Å²) in [4.78, 5) is 30.4. The maximum Gasteiger partial charge on any atom is 0.315 e. The lowest BCUT2D eigenvalue weighted by molar-refractivity contribution is -0.146. The van der Waals surface area contributed by atoms with Gasteiger partial charge < -0.3 is 14.2 Å². The third-order valence-corrected chi connectivity index (χ3v) is 5.37. The van der Waals surface area contributed by atoms with Crippen molar-refractivity contribution in [2.45, 2.75) is 45.4 Å². The Hall–Kier alpha value is -2.63. The molecule has 0 amide bonds. The lowest BCUT2D eigenvalue weighted by atomic mass is 9.71. The molecular weight excluding hydrogens is 346 g/mol. The molecule has 2 heterocycles. The minimum absolute atomic E-state index is 0.0760. The van der Waals surface area contributed by atoms with Gasteiger partial charge >= 0.3 is 5.97 Å². The number of carbonyl (C=O) groups is 2. The zero-order valence-electron chi connectivity index (χ0n) is 15.6. The summed E-state index contributed by atoms with van der Waals surface area (Å²) in [5.74, 6) is 0.0830. The van der Waals surface area contributed by atoms with Gasteiger partial charge in [0.1, 0.15) is 5.92 Å². The van der Waals surface area contributed by atoms with Crippen molar-refractivity contribution in [2.24, 2.45) is 10.9 Å². The fourth-order valence-corrected chi connectivity index (χ4v) is 4.19. The third-order valence-electron chi connectivity index (χ3n) is 5.37. The number of carbonyl (C=O) groups excluding carboxylic acids is 2. The minimum Gasteiger partial charge on any atom is -0.465 e. The fraction of sp³-hybridized carbons (Fsp3) is 0.476. The molecule has 1 aromatic rings. The summed E-state index contributed by atoms with van der Waals surface area (Å²) in [6.07, 6.45) is 2.69. The summed E-state index contributed by atoms with van der Waals surface area (Å²) in [6, 6.07) is 5.63. The second-order valence-corrected chi connectivity index (χ2v) is 6.91. The average molecular weight is 369 g/mol. The first kappa shape index (κ1) is 17.8. The molecule has 0 spiro atoms. The molecule has 0 radical (unpaired) electrons. The molecule has 27 heavy (non-hydrogen) atoms. The van der Waals surface area contributed by atoms with Crippen LogP contribution < -0.4 is 9.47 Å². The van der Waals surface area contributed by atoms with Crippen LogP contribution in [0.3, 0.4) is 0 Å². The molecule has 0 bridgehead atoms. The van der Waals surface area contributed by atoms with Crippen LogP contribution in [0.2, 0.25) is 0 Å². The second kappa shape index (κ2) is 7.18. The SMILES string of the molecule is CCOC(=O)C1C(CC)=NC2=C(C(=O)CCC2)[C@H]1c1ccc2c(c1)OCO2. The number of fused-ring (bicyclic) bond motifs is 1. The summed E-state index contributed by atoms with van der Waals surface area (Å²) in [5.41, 5.74) is 3.13. The van der Waals surface area contributed by atoms with Gasteiger partial charge in [-0.25, -0.2) is 0 Å². The number of ether oxygens (including phenoxy) is 3. The van der Waals surface area contributed by atoms with Crippen molar-refractivity contribution < 1.29 is 23.8 Å². The van der Waals surface area contributed by atoms with Gasteiger partial charge in [-0.15, -0.1) is 0 Å². The molecule has 142 valence electrons. The van der Waals surface area contributed by atoms with Crippen molar-refractivity contribution in [3.63, 3.8) is 0 Å². The number of nitrogens with zero attached hydrogens (tertiary/aromatic N) is 1. The average Bonchev–Trinajstić information content (AvgIpc) is 3.14. The van der Waals surface area contributed by atoms with Crippen molar-refractivity contribution in [2.75, 3.05) is 13.4 Å². The molecule has 1 aliphatic carbocycles. The number of esters is 1. The molecule has 2 atom stereocenters. The third kappa shape index (κ3) is 3.03. The van der Waals surface area contributed by atoms with E-state index in [9.17, 15) is 9.59 Å². The number of Topliss-reactive ketones (excluding diaryl/α,β-unsaturated/α-hetero) is 1. The van der Waals surface area contributed by atoms with E-state index in [-0.39, 0.29) is 18.5 Å². The maximum absolute atomic E-state index is 12.9. The van der Waals surface area contributed by atoms with Gasteiger partial charge in [-0.1, -0.05) is 13.0 Å². The maximum atomic E-state index is 12.9. The van der Waals surface area contributed by atoms with Gasteiger partial charge in [-0.2, -0.15) is 0 Å². The van der Waals surface area contributed by atoms with E-state index in [0.717, 1.165) is 29.8 Å². The van der Waals surface area contributed by atoms with Crippen molar-refractivity contribution in [3.8, 4) is 11.5 Å². The molecule has 1 aromatic carbocycles. The molecule has 6 heteroatoms. The number of ketones is 1. The lowest BCUT2D eigenvalue weighted by Gasteiger charge is -2.35. The number of rotatable bonds is 4. The summed E-state index contributed by atoms with van der Waals surface area (Å²) in [5, 5.41) is 0. The molecule has 1 unspecified atom stereocenters. The van der Waals surface area contributed by atoms with Gasteiger partial charge in [0.2, 0.25) is 6.79 Å². The molecule has 0 N–H and O–H groups in total. The molecule has 3 aliphatic rings. The van der Waals surface area contributed by atoms with Crippen molar-refractivity contribution in [3.05, 3.63) is 35.0 Å². The van der Waals surface area contributed by atoms with E-state index in [1.54, 1.807) is 6.92 Å². The summed E-state index contributed by atoms with van der Waals surface area (Å²) in [7, 11) is 0. The molecule has 6 nitrogen and oxygen atoms in total. The number of hydrogen-bond acceptors (Lipinski definition) is 6. The smallest absolute Gasteiger partial charge is 0.315 e. The number of benzene rings is 1. The van der Waals surface area contributed by atoms with Crippen LogP contribution in [-0.2, 0) is 14.3 Å². The zero-order chi connectivity index (χ0) is 19.0. The Bertz CT molecular complexity index is 854. The minimum atomic E-state index is -0.587. The van der Waals surface area contributed by atoms with Gasteiger partial charge in [-0.3, -0.25) is 14.6 Å². The number of hydrogen-bond donors (Lipinski definition) is 0. The van der Waals surface area contributed by atoms with E-state index in [4.69, 9.17) is 19.2 Å². The molecule has 0 saturated carbocycles. The second-order valence-electron chi connectivity index (χ2n) is 6.91. The van der Waals surface area contributed by atoms with Gasteiger partial charge in [0.25, 0.3) is 0 Å². The Morgan fingerprint density at radius 1 is 1.22 bits per heavy atom. The Morgan fingerprint density at radius 3 is 2.81 bits per heavy atom. The first-order valence-corrected chi connectivity index (χ1v) is 9.53. The highest BCUT2D eigenvalue weighted by molar-refractivity contribution is 6.09. The fourth-order valence-electron chi connectivity index (χ4n) is 4.19. The summed E-state index contributed by atoms with van der Waals surface area (Å²) in [6.45, 7) is 4.24. The van der Waals surface area contributed by atoms with Crippen LogP contribution in [0.5, 0.6) is 11.5 Å². The Labute approximate surface area is 158 Å². The molecular formula is C21H23NO5. The van der Waals surface area contributed by atoms with Crippen molar-refractivity contribution in [1.29, 1.82) is 0 Å². The normalized spacial score (nSPS) is 23.8. The highest BCUT2D eigenvalue weighted by atomic mass is 16.7. The number of aliphatic imine (C=N–C) groups is 1. The van der Waals surface area contributed by atoms with Crippen LogP contribution in [0.25, 0.3) is 0 Å². The summed E-state index contributed by atoms with van der Waals surface area (Å²) < 4.78 is 16.3. The van der Waals surface area contributed by atoms with E-state index in [2.05, 4.69) is 0 Å². The highest BCUT2D eigenvalue weighted by Crippen LogP contribution is 2.46. The van der Waals surface area contributed by atoms with Gasteiger partial charge in [-0.05, 0) is 43.9 Å². The summed E-state index contributed by atoms with van der Waals surface area (Å²) >= 11 is 0. The largest absolute Gasteiger partial charge is 0.465 e. The lowest BCUT2D eigenvalue weighted by Crippen LogP contribution is -2.38. The molecule has 0 aromatic heterocycles. The van der Waals surface area contributed by atoms with Crippen LogP contribution in [0.15, 0.2) is 34.5 Å². The van der Waals surface area contributed by atoms with E-state index in [1.807, 2.05) is 25.1 Å². The van der Waals surface area contributed by atoms with Crippen molar-refractivity contribution in [1.82, 2.24) is 0 Å². The van der Waals surface area contributed by atoms with Gasteiger partial charge in [0.15, 0.2) is 17.3 Å². The van der Waals surface area contributed by atoms with E-state index in [1.165, 1.54) is 0 Å². The standard InChI is InChI=1S/C21H23NO5/c1-3-13-20(21(24)25-4-2)18(19-14(22-13)6-5-7-15(19)23)12-8-9-16-17(10-12)27-11-26-16/h8-10,18,20H,3-7,11H2,1-2H3/t18-,20?/m1/s1.